The van der Waals surface area contributed by atoms with Crippen LogP contribution in [0.1, 0.15) is 25.5 Å². The van der Waals surface area contributed by atoms with E-state index in [-0.39, 0.29) is 12.3 Å². The molecule has 0 saturated heterocycles. The van der Waals surface area contributed by atoms with Gasteiger partial charge in [0.1, 0.15) is 16.0 Å². The van der Waals surface area contributed by atoms with Crippen molar-refractivity contribution in [1.29, 1.82) is 0 Å². The van der Waals surface area contributed by atoms with E-state index in [0.717, 1.165) is 15.8 Å². The molecule has 1 atom stereocenters. The molecule has 120 valence electrons. The van der Waals surface area contributed by atoms with Gasteiger partial charge < -0.3 is 24.3 Å². The van der Waals surface area contributed by atoms with Gasteiger partial charge in [-0.3, -0.25) is 0 Å². The minimum absolute atomic E-state index is 0.151. The largest absolute Gasteiger partial charge is 0.495 e. The highest BCUT2D eigenvalue weighted by Crippen LogP contribution is 2.40. The highest BCUT2D eigenvalue weighted by Gasteiger charge is 2.27. The number of nitrogens with one attached hydrogen (secondary N) is 1. The molecule has 0 aliphatic carbocycles. The maximum absolute atomic E-state index is 5.70. The van der Waals surface area contributed by atoms with Crippen LogP contribution in [0.15, 0.2) is 16.6 Å². The third kappa shape index (κ3) is 4.32. The van der Waals surface area contributed by atoms with Crippen molar-refractivity contribution in [1.82, 2.24) is 5.32 Å². The van der Waals surface area contributed by atoms with E-state index in [1.165, 1.54) is 0 Å². The molecule has 6 heteroatoms. The van der Waals surface area contributed by atoms with Gasteiger partial charge in [0.05, 0.1) is 20.3 Å². The molecule has 1 N–H and O–H groups in total. The molecule has 0 fully saturated rings. The van der Waals surface area contributed by atoms with Gasteiger partial charge in [-0.15, -0.1) is 0 Å². The lowest BCUT2D eigenvalue weighted by Gasteiger charge is -2.28. The van der Waals surface area contributed by atoms with E-state index >= 15 is 0 Å². The number of rotatable bonds is 9. The van der Waals surface area contributed by atoms with E-state index in [9.17, 15) is 0 Å². The van der Waals surface area contributed by atoms with Gasteiger partial charge in [-0.1, -0.05) is 0 Å². The zero-order valence-corrected chi connectivity index (χ0v) is 14.8. The summed E-state index contributed by atoms with van der Waals surface area (Å²) in [4.78, 5) is 0. The normalized spacial score (nSPS) is 12.5. The van der Waals surface area contributed by atoms with Gasteiger partial charge in [-0.05, 0) is 49.0 Å². The van der Waals surface area contributed by atoms with Crippen LogP contribution in [0.2, 0.25) is 0 Å². The monoisotopic (exact) mass is 361 g/mol. The lowest BCUT2D eigenvalue weighted by molar-refractivity contribution is -0.154. The summed E-state index contributed by atoms with van der Waals surface area (Å²) in [6, 6.07) is 3.69. The van der Waals surface area contributed by atoms with Crippen molar-refractivity contribution < 1.29 is 18.9 Å². The second kappa shape index (κ2) is 9.25. The summed E-state index contributed by atoms with van der Waals surface area (Å²) in [5.74, 6) is 1.42. The maximum atomic E-state index is 5.70. The van der Waals surface area contributed by atoms with Crippen molar-refractivity contribution >= 4 is 15.9 Å². The van der Waals surface area contributed by atoms with Crippen LogP contribution in [-0.4, -0.2) is 40.8 Å². The first-order valence-corrected chi connectivity index (χ1v) is 7.74. The van der Waals surface area contributed by atoms with Crippen molar-refractivity contribution in [2.24, 2.45) is 0 Å². The second-order valence-corrected chi connectivity index (χ2v) is 5.04. The van der Waals surface area contributed by atoms with Crippen molar-refractivity contribution in [3.63, 3.8) is 0 Å². The van der Waals surface area contributed by atoms with Gasteiger partial charge in [-0.2, -0.15) is 0 Å². The van der Waals surface area contributed by atoms with E-state index in [2.05, 4.69) is 21.2 Å². The zero-order chi connectivity index (χ0) is 15.8. The lowest BCUT2D eigenvalue weighted by atomic mass is 10.0. The summed E-state index contributed by atoms with van der Waals surface area (Å²) in [6.45, 7) is 5.03. The van der Waals surface area contributed by atoms with Crippen LogP contribution in [0, 0.1) is 0 Å². The predicted molar refractivity (Wildman–Crippen MR) is 86.1 cm³/mol. The van der Waals surface area contributed by atoms with Crippen LogP contribution in [-0.2, 0) is 9.47 Å². The molecule has 1 rings (SSSR count). The topological polar surface area (TPSA) is 49.0 Å². The molecule has 1 unspecified atom stereocenters. The van der Waals surface area contributed by atoms with Gasteiger partial charge in [-0.25, -0.2) is 0 Å². The van der Waals surface area contributed by atoms with E-state index in [0.29, 0.717) is 19.0 Å². The summed E-state index contributed by atoms with van der Waals surface area (Å²) in [7, 11) is 5.12. The first-order valence-electron chi connectivity index (χ1n) is 6.95. The van der Waals surface area contributed by atoms with Gasteiger partial charge in [0, 0.05) is 18.8 Å². The molecule has 0 aliphatic heterocycles. The Bertz CT molecular complexity index is 436. The molecule has 0 bridgehead atoms. The Hall–Kier alpha value is -0.820. The molecule has 0 heterocycles. The minimum Gasteiger partial charge on any atom is -0.495 e. The Kier molecular flexibility index (Phi) is 8.03. The van der Waals surface area contributed by atoms with Crippen LogP contribution >= 0.6 is 15.9 Å². The third-order valence-electron chi connectivity index (χ3n) is 3.10. The maximum Gasteiger partial charge on any atom is 0.176 e. The van der Waals surface area contributed by atoms with Gasteiger partial charge in [0.25, 0.3) is 0 Å². The molecule has 1 aromatic carbocycles. The van der Waals surface area contributed by atoms with Crippen molar-refractivity contribution in [3.8, 4) is 11.5 Å². The molecule has 1 aromatic rings. The number of benzene rings is 1. The fourth-order valence-corrected chi connectivity index (χ4v) is 2.86. The summed E-state index contributed by atoms with van der Waals surface area (Å²) >= 11 is 3.52. The van der Waals surface area contributed by atoms with E-state index < -0.39 is 0 Å². The van der Waals surface area contributed by atoms with E-state index in [1.54, 1.807) is 14.2 Å². The molecule has 0 amide bonds. The summed E-state index contributed by atoms with van der Waals surface area (Å²) in [6.07, 6.45) is -0.390. The molecule has 0 spiro atoms. The number of hydrogen-bond acceptors (Lipinski definition) is 5. The lowest BCUT2D eigenvalue weighted by Crippen LogP contribution is -2.34. The molecule has 0 saturated carbocycles. The third-order valence-corrected chi connectivity index (χ3v) is 3.85. The van der Waals surface area contributed by atoms with Crippen molar-refractivity contribution in [2.75, 3.05) is 34.5 Å². The van der Waals surface area contributed by atoms with Crippen LogP contribution in [0.25, 0.3) is 0 Å². The Labute approximate surface area is 135 Å². The van der Waals surface area contributed by atoms with Crippen molar-refractivity contribution in [2.45, 2.75) is 26.2 Å². The highest BCUT2D eigenvalue weighted by molar-refractivity contribution is 9.10. The first kappa shape index (κ1) is 18.2. The average molecular weight is 362 g/mol. The SMILES string of the molecule is CCOC(OCC)C(NC)c1ccc(OC)c(Br)c1OC. The molecular formula is C15H24BrNO4. The fraction of sp³-hybridized carbons (Fsp3) is 0.600. The molecule has 5 nitrogen and oxygen atoms in total. The molecular weight excluding hydrogens is 338 g/mol. The second-order valence-electron chi connectivity index (χ2n) is 4.25. The number of hydrogen-bond donors (Lipinski definition) is 1. The van der Waals surface area contributed by atoms with Crippen LogP contribution in [0.5, 0.6) is 11.5 Å². The first-order chi connectivity index (χ1) is 10.1. The standard InChI is InChI=1S/C15H24BrNO4/c1-6-20-15(21-7-2)13(17-3)10-8-9-11(18-4)12(16)14(10)19-5/h8-9,13,15,17H,6-7H2,1-5H3. The molecule has 0 radical (unpaired) electrons. The number of halogens is 1. The van der Waals surface area contributed by atoms with Crippen LogP contribution < -0.4 is 14.8 Å². The number of ether oxygens (including phenoxy) is 4. The van der Waals surface area contributed by atoms with Gasteiger partial charge >= 0.3 is 0 Å². The number of likely N-dealkylation sites (N-methyl/N-ethyl adjacent to an activating group) is 1. The molecule has 21 heavy (non-hydrogen) atoms. The molecule has 0 aromatic heterocycles. The Morgan fingerprint density at radius 2 is 1.71 bits per heavy atom. The Morgan fingerprint density at radius 1 is 1.10 bits per heavy atom. The van der Waals surface area contributed by atoms with Gasteiger partial charge in [0.2, 0.25) is 0 Å². The zero-order valence-electron chi connectivity index (χ0n) is 13.2. The Balaban J connectivity index is 3.23. The van der Waals surface area contributed by atoms with Crippen molar-refractivity contribution in [3.05, 3.63) is 22.2 Å². The van der Waals surface area contributed by atoms with Crippen LogP contribution in [0.4, 0.5) is 0 Å². The summed E-state index contributed by atoms with van der Waals surface area (Å²) < 4.78 is 23.0. The fourth-order valence-electron chi connectivity index (χ4n) is 2.17. The quantitative estimate of drug-likeness (QED) is 0.684. The number of methoxy groups -OCH3 is 2. The highest BCUT2D eigenvalue weighted by atomic mass is 79.9. The predicted octanol–water partition coefficient (Wildman–Crippen LogP) is 3.13. The molecule has 0 aliphatic rings. The van der Waals surface area contributed by atoms with E-state index in [1.807, 2.05) is 33.0 Å². The summed E-state index contributed by atoms with van der Waals surface area (Å²) in [5, 5.41) is 3.24. The minimum atomic E-state index is -0.390. The average Bonchev–Trinajstić information content (AvgIpc) is 2.49. The van der Waals surface area contributed by atoms with Gasteiger partial charge in [0.15, 0.2) is 6.29 Å². The summed E-state index contributed by atoms with van der Waals surface area (Å²) in [5.41, 5.74) is 0.944. The van der Waals surface area contributed by atoms with E-state index in [4.69, 9.17) is 18.9 Å². The van der Waals surface area contributed by atoms with Crippen LogP contribution in [0.3, 0.4) is 0 Å². The smallest absolute Gasteiger partial charge is 0.176 e. The Morgan fingerprint density at radius 3 is 2.14 bits per heavy atom.